The van der Waals surface area contributed by atoms with Gasteiger partial charge in [-0.05, 0) is 55.0 Å². The Hall–Kier alpha value is -2.08. The van der Waals surface area contributed by atoms with E-state index in [1.807, 2.05) is 0 Å². The van der Waals surface area contributed by atoms with Crippen LogP contribution in [-0.2, 0) is 10.0 Å². The Kier molecular flexibility index (Phi) is 3.44. The van der Waals surface area contributed by atoms with Gasteiger partial charge in [0.1, 0.15) is 5.82 Å². The summed E-state index contributed by atoms with van der Waals surface area (Å²) in [5.41, 5.74) is 6.85. The molecule has 2 rings (SSSR count). The number of hydrogen-bond acceptors (Lipinski definition) is 3. The summed E-state index contributed by atoms with van der Waals surface area (Å²) in [6, 6.07) is 9.69. The van der Waals surface area contributed by atoms with Crippen LogP contribution in [0.25, 0.3) is 0 Å². The molecule has 0 aromatic heterocycles. The first kappa shape index (κ1) is 13.4. The molecule has 4 nitrogen and oxygen atoms in total. The summed E-state index contributed by atoms with van der Waals surface area (Å²) in [4.78, 5) is 0.102. The molecule has 0 amide bonds. The summed E-state index contributed by atoms with van der Waals surface area (Å²) in [5, 5.41) is 0. The van der Waals surface area contributed by atoms with E-state index in [4.69, 9.17) is 5.73 Å². The van der Waals surface area contributed by atoms with Gasteiger partial charge in [-0.25, -0.2) is 12.8 Å². The summed E-state index contributed by atoms with van der Waals surface area (Å²) in [6.07, 6.45) is 0. The van der Waals surface area contributed by atoms with Gasteiger partial charge in [0.05, 0.1) is 10.6 Å². The number of rotatable bonds is 3. The first-order chi connectivity index (χ1) is 8.88. The van der Waals surface area contributed by atoms with Crippen LogP contribution in [0.5, 0.6) is 0 Å². The fourth-order valence-electron chi connectivity index (χ4n) is 1.59. The summed E-state index contributed by atoms with van der Waals surface area (Å²) in [6.45, 7) is 1.63. The molecular weight excluding hydrogens is 267 g/mol. The van der Waals surface area contributed by atoms with Crippen molar-refractivity contribution in [1.82, 2.24) is 0 Å². The largest absolute Gasteiger partial charge is 0.399 e. The van der Waals surface area contributed by atoms with Crippen LogP contribution in [0.3, 0.4) is 0 Å². The van der Waals surface area contributed by atoms with E-state index in [0.29, 0.717) is 16.9 Å². The predicted octanol–water partition coefficient (Wildman–Crippen LogP) is 2.52. The summed E-state index contributed by atoms with van der Waals surface area (Å²) in [7, 11) is -3.69. The highest BCUT2D eigenvalue weighted by atomic mass is 32.2. The molecule has 0 radical (unpaired) electrons. The Morgan fingerprint density at radius 1 is 1.11 bits per heavy atom. The van der Waals surface area contributed by atoms with Crippen LogP contribution in [0.1, 0.15) is 5.56 Å². The molecule has 100 valence electrons. The van der Waals surface area contributed by atoms with Gasteiger partial charge in [0.2, 0.25) is 0 Å². The molecule has 19 heavy (non-hydrogen) atoms. The van der Waals surface area contributed by atoms with Gasteiger partial charge >= 0.3 is 0 Å². The summed E-state index contributed by atoms with van der Waals surface area (Å²) >= 11 is 0. The van der Waals surface area contributed by atoms with Gasteiger partial charge in [-0.1, -0.05) is 0 Å². The molecule has 2 aromatic rings. The molecule has 0 heterocycles. The SMILES string of the molecule is Cc1cc(F)ccc1NS(=O)(=O)c1ccc(N)cc1. The number of nitrogen functional groups attached to an aromatic ring is 1. The van der Waals surface area contributed by atoms with Crippen molar-refractivity contribution < 1.29 is 12.8 Å². The topological polar surface area (TPSA) is 72.2 Å². The molecule has 0 saturated heterocycles. The second-order valence-corrected chi connectivity index (χ2v) is 5.82. The minimum atomic E-state index is -3.69. The number of nitrogens with one attached hydrogen (secondary N) is 1. The maximum absolute atomic E-state index is 13.0. The van der Waals surface area contributed by atoms with Crippen molar-refractivity contribution in [3.63, 3.8) is 0 Å². The molecular formula is C13H13FN2O2S. The third kappa shape index (κ3) is 3.03. The van der Waals surface area contributed by atoms with E-state index < -0.39 is 15.8 Å². The lowest BCUT2D eigenvalue weighted by molar-refractivity contribution is 0.601. The Morgan fingerprint density at radius 2 is 1.74 bits per heavy atom. The average Bonchev–Trinajstić information content (AvgIpc) is 2.33. The van der Waals surface area contributed by atoms with E-state index in [2.05, 4.69) is 4.72 Å². The summed E-state index contributed by atoms with van der Waals surface area (Å²) < 4.78 is 39.6. The van der Waals surface area contributed by atoms with E-state index in [-0.39, 0.29) is 4.90 Å². The van der Waals surface area contributed by atoms with Crippen molar-refractivity contribution in [2.75, 3.05) is 10.5 Å². The zero-order valence-corrected chi connectivity index (χ0v) is 11.0. The highest BCUT2D eigenvalue weighted by Crippen LogP contribution is 2.20. The Morgan fingerprint density at radius 3 is 2.32 bits per heavy atom. The first-order valence-electron chi connectivity index (χ1n) is 5.53. The number of halogens is 1. The Labute approximate surface area is 111 Å². The van der Waals surface area contributed by atoms with Crippen LogP contribution >= 0.6 is 0 Å². The lowest BCUT2D eigenvalue weighted by atomic mass is 10.2. The van der Waals surface area contributed by atoms with E-state index >= 15 is 0 Å². The maximum atomic E-state index is 13.0. The lowest BCUT2D eigenvalue weighted by Gasteiger charge is -2.10. The number of anilines is 2. The molecule has 0 atom stereocenters. The highest BCUT2D eigenvalue weighted by Gasteiger charge is 2.15. The minimum Gasteiger partial charge on any atom is -0.399 e. The third-order valence-corrected chi connectivity index (χ3v) is 4.00. The molecule has 0 aliphatic rings. The fraction of sp³-hybridized carbons (Fsp3) is 0.0769. The van der Waals surface area contributed by atoms with Crippen LogP contribution in [0, 0.1) is 12.7 Å². The van der Waals surface area contributed by atoms with E-state index in [1.54, 1.807) is 6.92 Å². The molecule has 0 aliphatic heterocycles. The Balaban J connectivity index is 2.33. The predicted molar refractivity (Wildman–Crippen MR) is 72.8 cm³/mol. The Bertz CT molecular complexity index is 697. The number of nitrogens with two attached hydrogens (primary N) is 1. The van der Waals surface area contributed by atoms with Gasteiger partial charge in [-0.2, -0.15) is 0 Å². The highest BCUT2D eigenvalue weighted by molar-refractivity contribution is 7.92. The lowest BCUT2D eigenvalue weighted by Crippen LogP contribution is -2.13. The van der Waals surface area contributed by atoms with Crippen molar-refractivity contribution in [2.24, 2.45) is 0 Å². The summed E-state index contributed by atoms with van der Waals surface area (Å²) in [5.74, 6) is -0.409. The maximum Gasteiger partial charge on any atom is 0.261 e. The zero-order chi connectivity index (χ0) is 14.0. The normalized spacial score (nSPS) is 11.3. The molecule has 0 saturated carbocycles. The van der Waals surface area contributed by atoms with Crippen molar-refractivity contribution in [2.45, 2.75) is 11.8 Å². The van der Waals surface area contributed by atoms with Crippen molar-refractivity contribution in [1.29, 1.82) is 0 Å². The van der Waals surface area contributed by atoms with Gasteiger partial charge in [0.15, 0.2) is 0 Å². The van der Waals surface area contributed by atoms with E-state index in [0.717, 1.165) is 0 Å². The molecule has 3 N–H and O–H groups in total. The molecule has 6 heteroatoms. The first-order valence-corrected chi connectivity index (χ1v) is 7.01. The number of benzene rings is 2. The average molecular weight is 280 g/mol. The molecule has 0 aliphatic carbocycles. The standard InChI is InChI=1S/C13H13FN2O2S/c1-9-8-10(14)2-7-13(9)16-19(17,18)12-5-3-11(15)4-6-12/h2-8,16H,15H2,1H3. The van der Waals surface area contributed by atoms with Gasteiger partial charge in [0, 0.05) is 5.69 Å². The van der Waals surface area contributed by atoms with Gasteiger partial charge < -0.3 is 5.73 Å². The van der Waals surface area contributed by atoms with Gasteiger partial charge in [-0.15, -0.1) is 0 Å². The molecule has 0 unspecified atom stereocenters. The van der Waals surface area contributed by atoms with Crippen molar-refractivity contribution >= 4 is 21.4 Å². The van der Waals surface area contributed by atoms with Crippen LogP contribution < -0.4 is 10.5 Å². The minimum absolute atomic E-state index is 0.102. The van der Waals surface area contributed by atoms with Crippen LogP contribution in [0.4, 0.5) is 15.8 Å². The zero-order valence-electron chi connectivity index (χ0n) is 10.2. The molecule has 0 spiro atoms. The van der Waals surface area contributed by atoms with Crippen LogP contribution in [-0.4, -0.2) is 8.42 Å². The molecule has 0 fully saturated rings. The number of hydrogen-bond donors (Lipinski definition) is 2. The second-order valence-electron chi connectivity index (χ2n) is 4.13. The molecule has 0 bridgehead atoms. The second kappa shape index (κ2) is 4.89. The smallest absolute Gasteiger partial charge is 0.261 e. The number of sulfonamides is 1. The van der Waals surface area contributed by atoms with E-state index in [9.17, 15) is 12.8 Å². The van der Waals surface area contributed by atoms with Crippen molar-refractivity contribution in [3.8, 4) is 0 Å². The van der Waals surface area contributed by atoms with Crippen LogP contribution in [0.15, 0.2) is 47.4 Å². The fourth-order valence-corrected chi connectivity index (χ4v) is 2.72. The van der Waals surface area contributed by atoms with E-state index in [1.165, 1.54) is 42.5 Å². The molecule has 2 aromatic carbocycles. The van der Waals surface area contributed by atoms with Crippen molar-refractivity contribution in [3.05, 3.63) is 53.8 Å². The third-order valence-electron chi connectivity index (χ3n) is 2.62. The van der Waals surface area contributed by atoms with Gasteiger partial charge in [-0.3, -0.25) is 4.72 Å². The van der Waals surface area contributed by atoms with Crippen LogP contribution in [0.2, 0.25) is 0 Å². The number of aryl methyl sites for hydroxylation is 1. The monoisotopic (exact) mass is 280 g/mol. The van der Waals surface area contributed by atoms with Gasteiger partial charge in [0.25, 0.3) is 10.0 Å². The quantitative estimate of drug-likeness (QED) is 0.848.